The molecule has 0 aliphatic carbocycles. The van der Waals surface area contributed by atoms with E-state index < -0.39 is 0 Å². The molecular weight excluding hydrogens is 292 g/mol. The van der Waals surface area contributed by atoms with Crippen LogP contribution in [0.25, 0.3) is 0 Å². The first-order valence-electron chi connectivity index (χ1n) is 7.72. The molecule has 1 rings (SSSR count). The monoisotopic (exact) mass is 320 g/mol. The molecule has 128 valence electrons. The number of rotatable bonds is 6. The molecule has 1 aromatic carbocycles. The predicted molar refractivity (Wildman–Crippen MR) is 94.0 cm³/mol. The lowest BCUT2D eigenvalue weighted by Gasteiger charge is -2.21. The molecule has 0 aliphatic heterocycles. The molecule has 0 bridgehead atoms. The summed E-state index contributed by atoms with van der Waals surface area (Å²) in [5.74, 6) is 1.40. The number of ether oxygens (including phenoxy) is 1. The molecule has 3 N–H and O–H groups in total. The molecule has 6 heteroatoms. The number of hydrogen-bond donors (Lipinski definition) is 3. The highest BCUT2D eigenvalue weighted by atomic mass is 16.5. The molecule has 0 aliphatic rings. The molecule has 0 unspecified atom stereocenters. The maximum absolute atomic E-state index is 11.8. The van der Waals surface area contributed by atoms with Gasteiger partial charge in [0.05, 0.1) is 13.7 Å². The summed E-state index contributed by atoms with van der Waals surface area (Å²) in [4.78, 5) is 15.9. The highest BCUT2D eigenvalue weighted by Crippen LogP contribution is 2.12. The van der Waals surface area contributed by atoms with Gasteiger partial charge in [-0.05, 0) is 44.9 Å². The van der Waals surface area contributed by atoms with E-state index in [1.807, 2.05) is 39.0 Å². The zero-order valence-corrected chi connectivity index (χ0v) is 14.7. The van der Waals surface area contributed by atoms with Crippen LogP contribution in [0.3, 0.4) is 0 Å². The molecule has 1 aromatic rings. The first-order valence-corrected chi connectivity index (χ1v) is 7.72. The Balaban J connectivity index is 2.35. The van der Waals surface area contributed by atoms with Crippen LogP contribution in [0.2, 0.25) is 0 Å². The number of methoxy groups -OCH3 is 1. The fourth-order valence-corrected chi connectivity index (χ4v) is 2.00. The number of hydrogen-bond acceptors (Lipinski definition) is 3. The smallest absolute Gasteiger partial charge is 0.239 e. The van der Waals surface area contributed by atoms with Crippen LogP contribution in [0.15, 0.2) is 29.3 Å². The average Bonchev–Trinajstić information content (AvgIpc) is 2.49. The molecule has 1 amide bonds. The van der Waals surface area contributed by atoms with Crippen molar-refractivity contribution in [2.75, 3.05) is 27.2 Å². The van der Waals surface area contributed by atoms with Gasteiger partial charge in [-0.1, -0.05) is 12.1 Å². The minimum Gasteiger partial charge on any atom is -0.497 e. The van der Waals surface area contributed by atoms with Crippen molar-refractivity contribution in [1.29, 1.82) is 0 Å². The summed E-state index contributed by atoms with van der Waals surface area (Å²) in [6.45, 7) is 6.76. The van der Waals surface area contributed by atoms with Crippen LogP contribution in [0.1, 0.15) is 26.3 Å². The number of aliphatic imine (C=N–C) groups is 1. The molecule has 0 saturated carbocycles. The summed E-state index contributed by atoms with van der Waals surface area (Å²) < 4.78 is 5.21. The Morgan fingerprint density at radius 3 is 2.61 bits per heavy atom. The second-order valence-electron chi connectivity index (χ2n) is 6.25. The van der Waals surface area contributed by atoms with Crippen LogP contribution in [0.5, 0.6) is 5.75 Å². The van der Waals surface area contributed by atoms with Crippen LogP contribution in [0.4, 0.5) is 0 Å². The van der Waals surface area contributed by atoms with Crippen molar-refractivity contribution in [3.8, 4) is 5.75 Å². The van der Waals surface area contributed by atoms with E-state index in [2.05, 4.69) is 27.0 Å². The second kappa shape index (κ2) is 9.02. The fourth-order valence-electron chi connectivity index (χ4n) is 2.00. The lowest BCUT2D eigenvalue weighted by molar-refractivity contribution is -0.121. The van der Waals surface area contributed by atoms with Crippen LogP contribution >= 0.6 is 0 Å². The van der Waals surface area contributed by atoms with Crippen LogP contribution in [-0.2, 0) is 11.2 Å². The van der Waals surface area contributed by atoms with Gasteiger partial charge in [0, 0.05) is 19.1 Å². The van der Waals surface area contributed by atoms with E-state index in [4.69, 9.17) is 4.74 Å². The minimum absolute atomic E-state index is 0.0618. The van der Waals surface area contributed by atoms with Crippen molar-refractivity contribution in [3.63, 3.8) is 0 Å². The van der Waals surface area contributed by atoms with Gasteiger partial charge in [-0.25, -0.2) is 0 Å². The number of benzene rings is 1. The van der Waals surface area contributed by atoms with Crippen molar-refractivity contribution in [3.05, 3.63) is 29.8 Å². The van der Waals surface area contributed by atoms with Gasteiger partial charge in [0.25, 0.3) is 0 Å². The third-order valence-electron chi connectivity index (χ3n) is 2.99. The molecule has 0 spiro atoms. The SMILES string of the molecule is CN=C(NCCc1cccc(OC)c1)NCC(=O)NC(C)(C)C. The lowest BCUT2D eigenvalue weighted by Crippen LogP contribution is -2.48. The summed E-state index contributed by atoms with van der Waals surface area (Å²) in [7, 11) is 3.34. The standard InChI is InChI=1S/C17H28N4O2/c1-17(2,3)21-15(22)12-20-16(18-4)19-10-9-13-7-6-8-14(11-13)23-5/h6-8,11H,9-10,12H2,1-5H3,(H,21,22)(H2,18,19,20). The molecule has 0 aromatic heterocycles. The molecule has 0 saturated heterocycles. The van der Waals surface area contributed by atoms with Crippen LogP contribution in [0, 0.1) is 0 Å². The Morgan fingerprint density at radius 1 is 1.26 bits per heavy atom. The highest BCUT2D eigenvalue weighted by molar-refractivity contribution is 5.86. The maximum Gasteiger partial charge on any atom is 0.239 e. The maximum atomic E-state index is 11.8. The quantitative estimate of drug-likeness (QED) is 0.546. The Morgan fingerprint density at radius 2 is 2.00 bits per heavy atom. The molecule has 0 atom stereocenters. The van der Waals surface area contributed by atoms with E-state index >= 15 is 0 Å². The third kappa shape index (κ3) is 8.09. The third-order valence-corrected chi connectivity index (χ3v) is 2.99. The summed E-state index contributed by atoms with van der Waals surface area (Å²) in [6, 6.07) is 7.95. The number of carbonyl (C=O) groups excluding carboxylic acids is 1. The fraction of sp³-hybridized carbons (Fsp3) is 0.529. The van der Waals surface area contributed by atoms with E-state index in [1.165, 1.54) is 5.56 Å². The number of nitrogens with zero attached hydrogens (tertiary/aromatic N) is 1. The summed E-state index contributed by atoms with van der Waals surface area (Å²) in [5.41, 5.74) is 0.944. The average molecular weight is 320 g/mol. The number of amides is 1. The van der Waals surface area contributed by atoms with Gasteiger partial charge in [0.1, 0.15) is 5.75 Å². The normalized spacial score (nSPS) is 11.8. The Hall–Kier alpha value is -2.24. The van der Waals surface area contributed by atoms with Crippen LogP contribution < -0.4 is 20.7 Å². The summed E-state index contributed by atoms with van der Waals surface area (Å²) in [6.07, 6.45) is 0.839. The Kier molecular flexibility index (Phi) is 7.38. The van der Waals surface area contributed by atoms with Gasteiger partial charge in [-0.15, -0.1) is 0 Å². The first kappa shape index (κ1) is 18.8. The predicted octanol–water partition coefficient (Wildman–Crippen LogP) is 1.32. The second-order valence-corrected chi connectivity index (χ2v) is 6.25. The molecule has 0 fully saturated rings. The largest absolute Gasteiger partial charge is 0.497 e. The van der Waals surface area contributed by atoms with E-state index in [1.54, 1.807) is 14.2 Å². The van der Waals surface area contributed by atoms with Crippen molar-refractivity contribution in [1.82, 2.24) is 16.0 Å². The van der Waals surface area contributed by atoms with E-state index in [0.29, 0.717) is 12.5 Å². The van der Waals surface area contributed by atoms with Crippen molar-refractivity contribution < 1.29 is 9.53 Å². The molecule has 23 heavy (non-hydrogen) atoms. The summed E-state index contributed by atoms with van der Waals surface area (Å²) in [5, 5.41) is 9.09. The lowest BCUT2D eigenvalue weighted by atomic mass is 10.1. The van der Waals surface area contributed by atoms with Crippen molar-refractivity contribution in [2.24, 2.45) is 4.99 Å². The topological polar surface area (TPSA) is 74.8 Å². The number of carbonyl (C=O) groups is 1. The number of nitrogens with one attached hydrogen (secondary N) is 3. The van der Waals surface area contributed by atoms with Crippen molar-refractivity contribution >= 4 is 11.9 Å². The highest BCUT2D eigenvalue weighted by Gasteiger charge is 2.13. The van der Waals surface area contributed by atoms with Gasteiger partial charge in [-0.3, -0.25) is 9.79 Å². The summed E-state index contributed by atoms with van der Waals surface area (Å²) >= 11 is 0. The van der Waals surface area contributed by atoms with Gasteiger partial charge < -0.3 is 20.7 Å². The first-order chi connectivity index (χ1) is 10.8. The molecule has 6 nitrogen and oxygen atoms in total. The molecule has 0 radical (unpaired) electrons. The van der Waals surface area contributed by atoms with E-state index in [-0.39, 0.29) is 18.0 Å². The van der Waals surface area contributed by atoms with Gasteiger partial charge in [0.15, 0.2) is 5.96 Å². The van der Waals surface area contributed by atoms with Crippen LogP contribution in [-0.4, -0.2) is 44.7 Å². The van der Waals surface area contributed by atoms with Gasteiger partial charge >= 0.3 is 0 Å². The molecular formula is C17H28N4O2. The van der Waals surface area contributed by atoms with Gasteiger partial charge in [-0.2, -0.15) is 0 Å². The zero-order valence-electron chi connectivity index (χ0n) is 14.7. The Labute approximate surface area is 138 Å². The number of guanidine groups is 1. The zero-order chi connectivity index (χ0) is 17.3. The van der Waals surface area contributed by atoms with E-state index in [9.17, 15) is 4.79 Å². The Bertz CT molecular complexity index is 536. The molecule has 0 heterocycles. The minimum atomic E-state index is -0.234. The van der Waals surface area contributed by atoms with Crippen molar-refractivity contribution in [2.45, 2.75) is 32.7 Å². The van der Waals surface area contributed by atoms with E-state index in [0.717, 1.165) is 12.2 Å². The van der Waals surface area contributed by atoms with Gasteiger partial charge in [0.2, 0.25) is 5.91 Å².